The molecule has 34 heavy (non-hydrogen) atoms. The number of carbonyl (C=O) groups excluding carboxylic acids is 2. The van der Waals surface area contributed by atoms with Crippen LogP contribution >= 0.6 is 11.3 Å². The van der Waals surface area contributed by atoms with Crippen LogP contribution in [0.3, 0.4) is 0 Å². The summed E-state index contributed by atoms with van der Waals surface area (Å²) in [6, 6.07) is 13.5. The number of fused-ring (bicyclic) bond motifs is 1. The fourth-order valence-corrected chi connectivity index (χ4v) is 5.68. The number of rotatable bonds is 5. The Kier molecular flexibility index (Phi) is 6.15. The van der Waals surface area contributed by atoms with Crippen LogP contribution in [-0.4, -0.2) is 39.8 Å². The first-order valence-electron chi connectivity index (χ1n) is 11.4. The Hall–Kier alpha value is -3.52. The van der Waals surface area contributed by atoms with Crippen LogP contribution < -0.4 is 5.32 Å². The van der Waals surface area contributed by atoms with Gasteiger partial charge in [0, 0.05) is 30.9 Å². The number of carbonyl (C=O) groups is 2. The van der Waals surface area contributed by atoms with Gasteiger partial charge in [0.25, 0.3) is 5.91 Å². The molecule has 0 atom stereocenters. The Balaban J connectivity index is 1.26. The lowest BCUT2D eigenvalue weighted by atomic mass is 9.95. The van der Waals surface area contributed by atoms with Gasteiger partial charge >= 0.3 is 0 Å². The molecule has 174 valence electrons. The zero-order chi connectivity index (χ0) is 23.7. The Morgan fingerprint density at radius 2 is 1.85 bits per heavy atom. The summed E-state index contributed by atoms with van der Waals surface area (Å²) in [7, 11) is 0. The Morgan fingerprint density at radius 1 is 1.09 bits per heavy atom. The summed E-state index contributed by atoms with van der Waals surface area (Å²) in [6.07, 6.45) is 2.92. The number of benzene rings is 1. The molecule has 5 rings (SSSR count). The summed E-state index contributed by atoms with van der Waals surface area (Å²) in [4.78, 5) is 38.6. The number of amides is 2. The number of piperidine rings is 1. The van der Waals surface area contributed by atoms with Gasteiger partial charge in [-0.2, -0.15) is 0 Å². The molecule has 0 aliphatic carbocycles. The van der Waals surface area contributed by atoms with Gasteiger partial charge in [0.1, 0.15) is 4.83 Å². The van der Waals surface area contributed by atoms with Gasteiger partial charge < -0.3 is 14.6 Å². The number of aromatic nitrogens is 2. The number of nitrogens with zero attached hydrogens (tertiary/aromatic N) is 3. The largest absolute Gasteiger partial charge is 0.461 e. The first kappa shape index (κ1) is 22.3. The van der Waals surface area contributed by atoms with E-state index in [1.165, 1.54) is 11.3 Å². The van der Waals surface area contributed by atoms with Crippen molar-refractivity contribution >= 4 is 33.4 Å². The van der Waals surface area contributed by atoms with E-state index in [4.69, 9.17) is 4.42 Å². The quantitative estimate of drug-likeness (QED) is 0.452. The predicted molar refractivity (Wildman–Crippen MR) is 132 cm³/mol. The molecule has 1 aromatic carbocycles. The molecule has 1 saturated heterocycles. The second-order valence-corrected chi connectivity index (χ2v) is 9.62. The number of thiophene rings is 1. The van der Waals surface area contributed by atoms with Crippen LogP contribution in [0.25, 0.3) is 21.8 Å². The van der Waals surface area contributed by atoms with Crippen molar-refractivity contribution in [2.45, 2.75) is 33.2 Å². The summed E-state index contributed by atoms with van der Waals surface area (Å²) < 4.78 is 5.45. The van der Waals surface area contributed by atoms with Gasteiger partial charge in [0.05, 0.1) is 16.8 Å². The molecule has 2 amide bonds. The average molecular weight is 475 g/mol. The highest BCUT2D eigenvalue weighted by Gasteiger charge is 2.30. The molecule has 1 N–H and O–H groups in total. The minimum Gasteiger partial charge on any atom is -0.461 e. The van der Waals surface area contributed by atoms with E-state index in [9.17, 15) is 9.59 Å². The first-order chi connectivity index (χ1) is 16.5. The molecule has 1 aliphatic heterocycles. The van der Waals surface area contributed by atoms with E-state index in [0.29, 0.717) is 48.9 Å². The molecule has 3 aromatic heterocycles. The van der Waals surface area contributed by atoms with Crippen molar-refractivity contribution in [3.05, 3.63) is 70.4 Å². The summed E-state index contributed by atoms with van der Waals surface area (Å²) in [5, 5.41) is 3.96. The van der Waals surface area contributed by atoms with Gasteiger partial charge in [-0.05, 0) is 49.9 Å². The standard InChI is InChI=1S/C26H26N4O3S/c1-16-21-17(2)28-23(20-9-6-14-33-20)29-25(21)34-22(16)26(32)30-12-10-19(11-13-30)24(31)27-15-18-7-4-3-5-8-18/h3-9,14,19H,10-13,15H2,1-2H3,(H,27,31). The molecule has 0 unspecified atom stereocenters. The molecule has 1 fully saturated rings. The molecule has 8 heteroatoms. The third-order valence-corrected chi connectivity index (χ3v) is 7.54. The van der Waals surface area contributed by atoms with E-state index in [-0.39, 0.29) is 17.7 Å². The van der Waals surface area contributed by atoms with Gasteiger partial charge in [0.2, 0.25) is 5.91 Å². The topological polar surface area (TPSA) is 88.3 Å². The van der Waals surface area contributed by atoms with Crippen molar-refractivity contribution in [1.29, 1.82) is 0 Å². The molecule has 0 saturated carbocycles. The second kappa shape index (κ2) is 9.38. The first-order valence-corrected chi connectivity index (χ1v) is 12.3. The second-order valence-electron chi connectivity index (χ2n) is 8.62. The number of furan rings is 1. The molecule has 4 heterocycles. The maximum Gasteiger partial charge on any atom is 0.264 e. The smallest absolute Gasteiger partial charge is 0.264 e. The number of aryl methyl sites for hydroxylation is 2. The number of hydrogen-bond acceptors (Lipinski definition) is 6. The van der Waals surface area contributed by atoms with E-state index in [1.54, 1.807) is 12.3 Å². The summed E-state index contributed by atoms with van der Waals surface area (Å²) in [5.74, 6) is 1.13. The lowest BCUT2D eigenvalue weighted by molar-refractivity contribution is -0.126. The fraction of sp³-hybridized carbons (Fsp3) is 0.308. The van der Waals surface area contributed by atoms with Crippen LogP contribution in [0.2, 0.25) is 0 Å². The summed E-state index contributed by atoms with van der Waals surface area (Å²) in [5.41, 5.74) is 2.83. The minimum atomic E-state index is -0.0692. The molecule has 7 nitrogen and oxygen atoms in total. The van der Waals surface area contributed by atoms with E-state index >= 15 is 0 Å². The van der Waals surface area contributed by atoms with Crippen molar-refractivity contribution < 1.29 is 14.0 Å². The number of likely N-dealkylation sites (tertiary alicyclic amines) is 1. The van der Waals surface area contributed by atoms with Crippen LogP contribution in [0.1, 0.15) is 39.3 Å². The van der Waals surface area contributed by atoms with Crippen molar-refractivity contribution in [2.75, 3.05) is 13.1 Å². The fourth-order valence-electron chi connectivity index (χ4n) is 4.48. The van der Waals surface area contributed by atoms with Crippen molar-refractivity contribution in [2.24, 2.45) is 5.92 Å². The summed E-state index contributed by atoms with van der Waals surface area (Å²) in [6.45, 7) is 5.55. The molecular formula is C26H26N4O3S. The predicted octanol–water partition coefficient (Wildman–Crippen LogP) is 4.74. The molecule has 0 bridgehead atoms. The van der Waals surface area contributed by atoms with Crippen LogP contribution in [-0.2, 0) is 11.3 Å². The molecule has 0 radical (unpaired) electrons. The van der Waals surface area contributed by atoms with Crippen LogP contribution in [0, 0.1) is 19.8 Å². The van der Waals surface area contributed by atoms with Crippen LogP contribution in [0.15, 0.2) is 53.1 Å². The van der Waals surface area contributed by atoms with Crippen molar-refractivity contribution in [1.82, 2.24) is 20.2 Å². The molecule has 0 spiro atoms. The number of nitrogens with one attached hydrogen (secondary N) is 1. The van der Waals surface area contributed by atoms with Gasteiger partial charge in [-0.15, -0.1) is 11.3 Å². The Morgan fingerprint density at radius 3 is 2.56 bits per heavy atom. The van der Waals surface area contributed by atoms with Gasteiger partial charge in [0.15, 0.2) is 11.6 Å². The van der Waals surface area contributed by atoms with E-state index in [1.807, 2.05) is 55.1 Å². The molecule has 4 aromatic rings. The highest BCUT2D eigenvalue weighted by molar-refractivity contribution is 7.20. The summed E-state index contributed by atoms with van der Waals surface area (Å²) >= 11 is 1.40. The highest BCUT2D eigenvalue weighted by atomic mass is 32.1. The highest BCUT2D eigenvalue weighted by Crippen LogP contribution is 2.34. The Bertz CT molecular complexity index is 1320. The van der Waals surface area contributed by atoms with E-state index in [0.717, 1.165) is 27.0 Å². The lowest BCUT2D eigenvalue weighted by Gasteiger charge is -2.31. The normalized spacial score (nSPS) is 14.5. The number of hydrogen-bond donors (Lipinski definition) is 1. The van der Waals surface area contributed by atoms with E-state index in [2.05, 4.69) is 15.3 Å². The molecular weight excluding hydrogens is 448 g/mol. The zero-order valence-corrected chi connectivity index (χ0v) is 20.0. The lowest BCUT2D eigenvalue weighted by Crippen LogP contribution is -2.42. The third-order valence-electron chi connectivity index (χ3n) is 6.37. The zero-order valence-electron chi connectivity index (χ0n) is 19.2. The van der Waals surface area contributed by atoms with Crippen LogP contribution in [0.4, 0.5) is 0 Å². The monoisotopic (exact) mass is 474 g/mol. The molecule has 1 aliphatic rings. The van der Waals surface area contributed by atoms with Gasteiger partial charge in [-0.1, -0.05) is 30.3 Å². The van der Waals surface area contributed by atoms with Crippen molar-refractivity contribution in [3.63, 3.8) is 0 Å². The SMILES string of the molecule is Cc1nc(-c2ccco2)nc2sc(C(=O)N3CCC(C(=O)NCc4ccccc4)CC3)c(C)c12. The van der Waals surface area contributed by atoms with E-state index < -0.39 is 0 Å². The Labute approximate surface area is 201 Å². The van der Waals surface area contributed by atoms with Crippen molar-refractivity contribution in [3.8, 4) is 11.6 Å². The third kappa shape index (κ3) is 4.33. The maximum atomic E-state index is 13.4. The maximum absolute atomic E-state index is 13.4. The van der Waals surface area contributed by atoms with Gasteiger partial charge in [-0.25, -0.2) is 9.97 Å². The average Bonchev–Trinajstić information content (AvgIpc) is 3.51. The van der Waals surface area contributed by atoms with Gasteiger partial charge in [-0.3, -0.25) is 9.59 Å². The minimum absolute atomic E-state index is 0.00240. The van der Waals surface area contributed by atoms with Crippen LogP contribution in [0.5, 0.6) is 0 Å².